The maximum atomic E-state index is 2.47. The average Bonchev–Trinajstić information content (AvgIpc) is 2.29. The maximum absolute atomic E-state index is 2.47. The van der Waals surface area contributed by atoms with Crippen molar-refractivity contribution in [1.29, 1.82) is 0 Å². The summed E-state index contributed by atoms with van der Waals surface area (Å²) in [6, 6.07) is 0. The van der Waals surface area contributed by atoms with E-state index in [1.807, 2.05) is 0 Å². The van der Waals surface area contributed by atoms with Gasteiger partial charge in [0.15, 0.2) is 0 Å². The Morgan fingerprint density at radius 3 is 2.29 bits per heavy atom. The normalized spacial score (nSPS) is 30.4. The highest BCUT2D eigenvalue weighted by Crippen LogP contribution is 2.47. The third kappa shape index (κ3) is 4.30. The first-order chi connectivity index (χ1) is 8.10. The second-order valence-corrected chi connectivity index (χ2v) is 6.78. The lowest BCUT2D eigenvalue weighted by Crippen LogP contribution is -2.36. The van der Waals surface area contributed by atoms with Gasteiger partial charge in [0.25, 0.3) is 0 Å². The topological polar surface area (TPSA) is 0 Å². The first-order valence-corrected chi connectivity index (χ1v) is 8.10. The summed E-state index contributed by atoms with van der Waals surface area (Å²) in [5.74, 6) is 4.99. The van der Waals surface area contributed by atoms with Gasteiger partial charge >= 0.3 is 0 Å². The van der Waals surface area contributed by atoms with Crippen LogP contribution in [0.4, 0.5) is 0 Å². The molecular formula is C17H34. The molecule has 102 valence electrons. The molecule has 0 aliphatic heterocycles. The van der Waals surface area contributed by atoms with Gasteiger partial charge in [0.1, 0.15) is 0 Å². The SMILES string of the molecule is CCCCCC(CC1C(C)CC1CC)C(C)C. The summed E-state index contributed by atoms with van der Waals surface area (Å²) in [5, 5.41) is 0. The minimum atomic E-state index is 0.886. The number of hydrogen-bond acceptors (Lipinski definition) is 0. The molecule has 0 aromatic carbocycles. The van der Waals surface area contributed by atoms with Gasteiger partial charge in [-0.25, -0.2) is 0 Å². The Morgan fingerprint density at radius 1 is 1.12 bits per heavy atom. The minimum absolute atomic E-state index is 0.886. The third-order valence-corrected chi connectivity index (χ3v) is 5.23. The highest BCUT2D eigenvalue weighted by molar-refractivity contribution is 4.87. The van der Waals surface area contributed by atoms with E-state index in [0.717, 1.165) is 29.6 Å². The fourth-order valence-electron chi connectivity index (χ4n) is 3.72. The zero-order chi connectivity index (χ0) is 12.8. The second-order valence-electron chi connectivity index (χ2n) is 6.78. The zero-order valence-corrected chi connectivity index (χ0v) is 12.8. The van der Waals surface area contributed by atoms with Crippen molar-refractivity contribution in [3.8, 4) is 0 Å². The molecular weight excluding hydrogens is 204 g/mol. The fourth-order valence-corrected chi connectivity index (χ4v) is 3.72. The lowest BCUT2D eigenvalue weighted by Gasteiger charge is -2.45. The molecule has 1 fully saturated rings. The van der Waals surface area contributed by atoms with Gasteiger partial charge in [0, 0.05) is 0 Å². The van der Waals surface area contributed by atoms with Crippen molar-refractivity contribution < 1.29 is 0 Å². The van der Waals surface area contributed by atoms with Crippen molar-refractivity contribution in [2.75, 3.05) is 0 Å². The van der Waals surface area contributed by atoms with Crippen molar-refractivity contribution in [3.63, 3.8) is 0 Å². The number of hydrogen-bond donors (Lipinski definition) is 0. The molecule has 1 saturated carbocycles. The molecule has 0 aromatic rings. The van der Waals surface area contributed by atoms with Crippen LogP contribution in [0.25, 0.3) is 0 Å². The van der Waals surface area contributed by atoms with E-state index in [4.69, 9.17) is 0 Å². The standard InChI is InChI=1S/C17H34/c1-6-8-9-10-16(13(3)4)12-17-14(5)11-15(17)7-2/h13-17H,6-12H2,1-5H3. The predicted molar refractivity (Wildman–Crippen MR) is 78.1 cm³/mol. The van der Waals surface area contributed by atoms with E-state index in [1.165, 1.54) is 44.9 Å². The van der Waals surface area contributed by atoms with Crippen LogP contribution in [0.15, 0.2) is 0 Å². The molecule has 0 N–H and O–H groups in total. The van der Waals surface area contributed by atoms with Crippen molar-refractivity contribution in [2.45, 2.75) is 79.6 Å². The van der Waals surface area contributed by atoms with Gasteiger partial charge in [-0.3, -0.25) is 0 Å². The number of rotatable bonds is 8. The monoisotopic (exact) mass is 238 g/mol. The van der Waals surface area contributed by atoms with E-state index in [1.54, 1.807) is 0 Å². The highest BCUT2D eigenvalue weighted by atomic mass is 14.4. The lowest BCUT2D eigenvalue weighted by molar-refractivity contribution is 0.0479. The Balaban J connectivity index is 2.37. The molecule has 0 heterocycles. The molecule has 1 rings (SSSR count). The van der Waals surface area contributed by atoms with Crippen LogP contribution in [0.1, 0.15) is 79.6 Å². The van der Waals surface area contributed by atoms with Crippen LogP contribution in [0.5, 0.6) is 0 Å². The van der Waals surface area contributed by atoms with Crippen LogP contribution in [-0.2, 0) is 0 Å². The predicted octanol–water partition coefficient (Wildman–Crippen LogP) is 5.91. The van der Waals surface area contributed by atoms with Crippen molar-refractivity contribution in [3.05, 3.63) is 0 Å². The van der Waals surface area contributed by atoms with Crippen LogP contribution in [0.3, 0.4) is 0 Å². The minimum Gasteiger partial charge on any atom is -0.0654 e. The Hall–Kier alpha value is 0. The smallest absolute Gasteiger partial charge is 0.0357 e. The average molecular weight is 238 g/mol. The van der Waals surface area contributed by atoms with Gasteiger partial charge in [-0.2, -0.15) is 0 Å². The van der Waals surface area contributed by atoms with Crippen molar-refractivity contribution in [2.24, 2.45) is 29.6 Å². The van der Waals surface area contributed by atoms with Crippen LogP contribution in [0.2, 0.25) is 0 Å². The molecule has 4 atom stereocenters. The Bertz CT molecular complexity index is 194. The molecule has 0 saturated heterocycles. The lowest BCUT2D eigenvalue weighted by atomic mass is 9.60. The van der Waals surface area contributed by atoms with Crippen LogP contribution in [-0.4, -0.2) is 0 Å². The van der Waals surface area contributed by atoms with E-state index in [0.29, 0.717) is 0 Å². The van der Waals surface area contributed by atoms with Gasteiger partial charge in [-0.15, -0.1) is 0 Å². The Labute approximate surface area is 110 Å². The third-order valence-electron chi connectivity index (χ3n) is 5.23. The van der Waals surface area contributed by atoms with E-state index in [-0.39, 0.29) is 0 Å². The van der Waals surface area contributed by atoms with Gasteiger partial charge in [0.2, 0.25) is 0 Å². The summed E-state index contributed by atoms with van der Waals surface area (Å²) in [6.07, 6.45) is 10.2. The molecule has 4 unspecified atom stereocenters. The van der Waals surface area contributed by atoms with E-state index in [2.05, 4.69) is 34.6 Å². The summed E-state index contributed by atoms with van der Waals surface area (Å²) in [6.45, 7) is 12.0. The molecule has 0 nitrogen and oxygen atoms in total. The van der Waals surface area contributed by atoms with E-state index in [9.17, 15) is 0 Å². The Morgan fingerprint density at radius 2 is 1.82 bits per heavy atom. The summed E-state index contributed by atoms with van der Waals surface area (Å²) >= 11 is 0. The summed E-state index contributed by atoms with van der Waals surface area (Å²) in [7, 11) is 0. The largest absolute Gasteiger partial charge is 0.0654 e. The van der Waals surface area contributed by atoms with Gasteiger partial charge in [0.05, 0.1) is 0 Å². The van der Waals surface area contributed by atoms with Gasteiger partial charge in [-0.05, 0) is 42.4 Å². The molecule has 17 heavy (non-hydrogen) atoms. The highest BCUT2D eigenvalue weighted by Gasteiger charge is 2.37. The summed E-state index contributed by atoms with van der Waals surface area (Å²) in [5.41, 5.74) is 0. The fraction of sp³-hybridized carbons (Fsp3) is 1.00. The molecule has 0 amide bonds. The van der Waals surface area contributed by atoms with Gasteiger partial charge in [-0.1, -0.05) is 66.7 Å². The van der Waals surface area contributed by atoms with Crippen LogP contribution < -0.4 is 0 Å². The second kappa shape index (κ2) is 7.44. The molecule has 1 aliphatic carbocycles. The summed E-state index contributed by atoms with van der Waals surface area (Å²) in [4.78, 5) is 0. The zero-order valence-electron chi connectivity index (χ0n) is 12.8. The Kier molecular flexibility index (Phi) is 6.59. The van der Waals surface area contributed by atoms with Crippen molar-refractivity contribution >= 4 is 0 Å². The molecule has 0 bridgehead atoms. The first-order valence-electron chi connectivity index (χ1n) is 8.10. The van der Waals surface area contributed by atoms with Crippen LogP contribution in [0, 0.1) is 29.6 Å². The van der Waals surface area contributed by atoms with E-state index >= 15 is 0 Å². The molecule has 0 heteroatoms. The molecule has 0 radical (unpaired) electrons. The first kappa shape index (κ1) is 15.1. The van der Waals surface area contributed by atoms with Gasteiger partial charge < -0.3 is 0 Å². The number of unbranched alkanes of at least 4 members (excludes halogenated alkanes) is 2. The maximum Gasteiger partial charge on any atom is -0.0357 e. The van der Waals surface area contributed by atoms with Crippen molar-refractivity contribution in [1.82, 2.24) is 0 Å². The quantitative estimate of drug-likeness (QED) is 0.461. The van der Waals surface area contributed by atoms with E-state index < -0.39 is 0 Å². The molecule has 0 spiro atoms. The van der Waals surface area contributed by atoms with Crippen LogP contribution >= 0.6 is 0 Å². The summed E-state index contributed by atoms with van der Waals surface area (Å²) < 4.78 is 0. The molecule has 1 aliphatic rings. The molecule has 0 aromatic heterocycles.